The SMILES string of the molecule is NCC(=O)c1ccc(C2CCOC2)c(Cl)c1. The Morgan fingerprint density at radius 1 is 1.56 bits per heavy atom. The maximum Gasteiger partial charge on any atom is 0.176 e. The van der Waals surface area contributed by atoms with Crippen LogP contribution in [0.3, 0.4) is 0 Å². The first kappa shape index (κ1) is 11.6. The molecule has 4 heteroatoms. The molecule has 1 aromatic rings. The minimum Gasteiger partial charge on any atom is -0.381 e. The molecule has 1 fully saturated rings. The lowest BCUT2D eigenvalue weighted by atomic mass is 9.96. The highest BCUT2D eigenvalue weighted by Gasteiger charge is 2.20. The van der Waals surface area contributed by atoms with Gasteiger partial charge in [0, 0.05) is 23.1 Å². The summed E-state index contributed by atoms with van der Waals surface area (Å²) in [5.41, 5.74) is 6.94. The first-order chi connectivity index (χ1) is 7.72. The summed E-state index contributed by atoms with van der Waals surface area (Å²) in [6, 6.07) is 5.39. The fourth-order valence-electron chi connectivity index (χ4n) is 1.93. The molecule has 0 amide bonds. The third-order valence-corrected chi connectivity index (χ3v) is 3.20. The van der Waals surface area contributed by atoms with Crippen molar-refractivity contribution in [2.75, 3.05) is 19.8 Å². The number of nitrogens with two attached hydrogens (primary N) is 1. The van der Waals surface area contributed by atoms with Gasteiger partial charge in [-0.3, -0.25) is 4.79 Å². The van der Waals surface area contributed by atoms with Crippen LogP contribution in [-0.2, 0) is 4.74 Å². The second kappa shape index (κ2) is 4.95. The highest BCUT2D eigenvalue weighted by molar-refractivity contribution is 6.31. The molecule has 1 aromatic carbocycles. The van der Waals surface area contributed by atoms with Crippen LogP contribution in [0.4, 0.5) is 0 Å². The fourth-order valence-corrected chi connectivity index (χ4v) is 2.26. The molecule has 1 unspecified atom stereocenters. The minimum absolute atomic E-state index is 0.0161. The largest absolute Gasteiger partial charge is 0.381 e. The molecular formula is C12H14ClNO2. The van der Waals surface area contributed by atoms with Gasteiger partial charge in [-0.1, -0.05) is 23.7 Å². The molecule has 1 saturated heterocycles. The summed E-state index contributed by atoms with van der Waals surface area (Å²) in [5.74, 6) is 0.269. The smallest absolute Gasteiger partial charge is 0.176 e. The molecule has 1 atom stereocenters. The summed E-state index contributed by atoms with van der Waals surface area (Å²) >= 11 is 6.16. The summed E-state index contributed by atoms with van der Waals surface area (Å²) in [5, 5.41) is 0.634. The lowest BCUT2D eigenvalue weighted by Gasteiger charge is -2.11. The molecule has 1 aliphatic rings. The normalized spacial score (nSPS) is 20.0. The Kier molecular flexibility index (Phi) is 3.59. The van der Waals surface area contributed by atoms with E-state index in [1.54, 1.807) is 12.1 Å². The lowest BCUT2D eigenvalue weighted by Crippen LogP contribution is -2.13. The van der Waals surface area contributed by atoms with Gasteiger partial charge in [-0.15, -0.1) is 0 Å². The van der Waals surface area contributed by atoms with E-state index in [9.17, 15) is 4.79 Å². The van der Waals surface area contributed by atoms with Gasteiger partial charge in [0.2, 0.25) is 0 Å². The summed E-state index contributed by atoms with van der Waals surface area (Å²) in [4.78, 5) is 11.4. The van der Waals surface area contributed by atoms with Crippen LogP contribution in [0.1, 0.15) is 28.3 Å². The Hall–Kier alpha value is -0.900. The predicted molar refractivity (Wildman–Crippen MR) is 63.0 cm³/mol. The quantitative estimate of drug-likeness (QED) is 0.821. The third kappa shape index (κ3) is 2.26. The third-order valence-electron chi connectivity index (χ3n) is 2.88. The van der Waals surface area contributed by atoms with Gasteiger partial charge in [0.05, 0.1) is 13.2 Å². The molecule has 0 saturated carbocycles. The van der Waals surface area contributed by atoms with Gasteiger partial charge in [-0.25, -0.2) is 0 Å². The molecule has 0 aromatic heterocycles. The molecule has 2 rings (SSSR count). The molecule has 0 spiro atoms. The van der Waals surface area contributed by atoms with Gasteiger partial charge in [-0.2, -0.15) is 0 Å². The van der Waals surface area contributed by atoms with Crippen molar-refractivity contribution in [3.63, 3.8) is 0 Å². The lowest BCUT2D eigenvalue weighted by molar-refractivity contribution is 0.100. The Morgan fingerprint density at radius 3 is 2.94 bits per heavy atom. The number of Topliss-reactive ketones (excluding diaryl/α,β-unsaturated/α-hetero) is 1. The van der Waals surface area contributed by atoms with Crippen molar-refractivity contribution in [2.24, 2.45) is 5.73 Å². The molecule has 16 heavy (non-hydrogen) atoms. The van der Waals surface area contributed by atoms with E-state index in [0.717, 1.165) is 18.6 Å². The van der Waals surface area contributed by atoms with E-state index >= 15 is 0 Å². The molecule has 3 nitrogen and oxygen atoms in total. The summed E-state index contributed by atoms with van der Waals surface area (Å²) in [6.07, 6.45) is 0.990. The zero-order valence-electron chi connectivity index (χ0n) is 8.91. The first-order valence-electron chi connectivity index (χ1n) is 5.33. The van der Waals surface area contributed by atoms with Crippen molar-refractivity contribution >= 4 is 17.4 Å². The van der Waals surface area contributed by atoms with Crippen LogP contribution in [0.25, 0.3) is 0 Å². The van der Waals surface area contributed by atoms with Gasteiger partial charge in [0.25, 0.3) is 0 Å². The van der Waals surface area contributed by atoms with Crippen molar-refractivity contribution in [2.45, 2.75) is 12.3 Å². The zero-order valence-corrected chi connectivity index (χ0v) is 9.67. The van der Waals surface area contributed by atoms with Crippen LogP contribution in [0.2, 0.25) is 5.02 Å². The van der Waals surface area contributed by atoms with Crippen LogP contribution < -0.4 is 5.73 Å². The van der Waals surface area contributed by atoms with Crippen LogP contribution in [0, 0.1) is 0 Å². The van der Waals surface area contributed by atoms with Gasteiger partial charge in [-0.05, 0) is 18.1 Å². The molecule has 1 heterocycles. The van der Waals surface area contributed by atoms with Crippen LogP contribution >= 0.6 is 11.6 Å². The van der Waals surface area contributed by atoms with Gasteiger partial charge in [0.15, 0.2) is 5.78 Å². The van der Waals surface area contributed by atoms with Gasteiger partial charge >= 0.3 is 0 Å². The Balaban J connectivity index is 2.25. The van der Waals surface area contributed by atoms with E-state index in [0.29, 0.717) is 23.1 Å². The second-order valence-electron chi connectivity index (χ2n) is 3.92. The van der Waals surface area contributed by atoms with Crippen LogP contribution in [-0.4, -0.2) is 25.5 Å². The van der Waals surface area contributed by atoms with Gasteiger partial charge in [0.1, 0.15) is 0 Å². The standard InChI is InChI=1S/C12H14ClNO2/c13-11-5-8(12(15)6-14)1-2-10(11)9-3-4-16-7-9/h1-2,5,9H,3-4,6-7,14H2. The number of hydrogen-bond donors (Lipinski definition) is 1. The molecule has 1 aliphatic heterocycles. The number of benzene rings is 1. The van der Waals surface area contributed by atoms with Crippen molar-refractivity contribution in [1.82, 2.24) is 0 Å². The number of rotatable bonds is 3. The van der Waals surface area contributed by atoms with Crippen LogP contribution in [0.15, 0.2) is 18.2 Å². The Bertz CT molecular complexity index is 400. The van der Waals surface area contributed by atoms with Gasteiger partial charge < -0.3 is 10.5 Å². The summed E-state index contributed by atoms with van der Waals surface area (Å²) in [7, 11) is 0. The molecule has 2 N–H and O–H groups in total. The van der Waals surface area contributed by atoms with E-state index in [2.05, 4.69) is 0 Å². The maximum absolute atomic E-state index is 11.4. The minimum atomic E-state index is -0.0869. The van der Waals surface area contributed by atoms with E-state index in [-0.39, 0.29) is 12.3 Å². The second-order valence-corrected chi connectivity index (χ2v) is 4.33. The molecular weight excluding hydrogens is 226 g/mol. The highest BCUT2D eigenvalue weighted by atomic mass is 35.5. The van der Waals surface area contributed by atoms with E-state index in [1.807, 2.05) is 6.07 Å². The number of halogens is 1. The number of ether oxygens (including phenoxy) is 1. The van der Waals surface area contributed by atoms with E-state index in [4.69, 9.17) is 22.1 Å². The summed E-state index contributed by atoms with van der Waals surface area (Å²) in [6.45, 7) is 1.51. The average Bonchev–Trinajstić information content (AvgIpc) is 2.81. The number of carbonyl (C=O) groups excluding carboxylic acids is 1. The number of carbonyl (C=O) groups is 1. The Morgan fingerprint density at radius 2 is 2.38 bits per heavy atom. The molecule has 0 aliphatic carbocycles. The molecule has 86 valence electrons. The summed E-state index contributed by atoms with van der Waals surface area (Å²) < 4.78 is 5.32. The highest BCUT2D eigenvalue weighted by Crippen LogP contribution is 2.31. The van der Waals surface area contributed by atoms with Crippen molar-refractivity contribution in [3.05, 3.63) is 34.3 Å². The fraction of sp³-hybridized carbons (Fsp3) is 0.417. The number of ketones is 1. The zero-order chi connectivity index (χ0) is 11.5. The van der Waals surface area contributed by atoms with E-state index < -0.39 is 0 Å². The van der Waals surface area contributed by atoms with Crippen molar-refractivity contribution < 1.29 is 9.53 Å². The van der Waals surface area contributed by atoms with Crippen LogP contribution in [0.5, 0.6) is 0 Å². The van der Waals surface area contributed by atoms with E-state index in [1.165, 1.54) is 0 Å². The number of hydrogen-bond acceptors (Lipinski definition) is 3. The monoisotopic (exact) mass is 239 g/mol. The average molecular weight is 240 g/mol. The Labute approximate surface area is 99.5 Å². The maximum atomic E-state index is 11.4. The predicted octanol–water partition coefficient (Wildman–Crippen LogP) is 1.99. The van der Waals surface area contributed by atoms with Crippen molar-refractivity contribution in [3.8, 4) is 0 Å². The molecule has 0 bridgehead atoms. The topological polar surface area (TPSA) is 52.3 Å². The first-order valence-corrected chi connectivity index (χ1v) is 5.70. The molecule has 0 radical (unpaired) electrons. The van der Waals surface area contributed by atoms with Crippen molar-refractivity contribution in [1.29, 1.82) is 0 Å².